The molecule has 106 valence electrons. The number of aromatic amines is 1. The number of aromatic nitrogens is 1. The third kappa shape index (κ3) is 3.37. The lowest BCUT2D eigenvalue weighted by Gasteiger charge is -2.14. The van der Waals surface area contributed by atoms with Gasteiger partial charge in [0, 0.05) is 18.0 Å². The molecule has 0 radical (unpaired) electrons. The van der Waals surface area contributed by atoms with E-state index in [2.05, 4.69) is 10.3 Å². The van der Waals surface area contributed by atoms with Gasteiger partial charge in [-0.15, -0.1) is 0 Å². The molecule has 0 aliphatic carbocycles. The van der Waals surface area contributed by atoms with E-state index in [4.69, 9.17) is 5.26 Å². The van der Waals surface area contributed by atoms with Crippen molar-refractivity contribution in [3.8, 4) is 6.07 Å². The topological polar surface area (TPSA) is 85.8 Å². The number of carbonyl (C=O) groups excluding carboxylic acids is 1. The lowest BCUT2D eigenvalue weighted by atomic mass is 10.1. The average Bonchev–Trinajstić information content (AvgIpc) is 2.47. The summed E-state index contributed by atoms with van der Waals surface area (Å²) in [5, 5.41) is 11.5. The molecule has 0 saturated heterocycles. The van der Waals surface area contributed by atoms with Crippen LogP contribution in [-0.4, -0.2) is 10.9 Å². The van der Waals surface area contributed by atoms with Crippen molar-refractivity contribution in [2.45, 2.75) is 19.9 Å². The van der Waals surface area contributed by atoms with Crippen LogP contribution in [0.3, 0.4) is 0 Å². The average molecular weight is 281 g/mol. The fourth-order valence-electron chi connectivity index (χ4n) is 1.95. The van der Waals surface area contributed by atoms with Crippen molar-refractivity contribution in [3.63, 3.8) is 0 Å². The number of hydrogen-bond acceptors (Lipinski definition) is 3. The first kappa shape index (κ1) is 14.5. The molecule has 5 heteroatoms. The first-order valence-electron chi connectivity index (χ1n) is 6.51. The summed E-state index contributed by atoms with van der Waals surface area (Å²) < 4.78 is 0. The monoisotopic (exact) mass is 281 g/mol. The van der Waals surface area contributed by atoms with Gasteiger partial charge in [-0.3, -0.25) is 9.59 Å². The zero-order valence-corrected chi connectivity index (χ0v) is 11.8. The molecular formula is C16H15N3O2. The molecular weight excluding hydrogens is 266 g/mol. The van der Waals surface area contributed by atoms with E-state index in [0.29, 0.717) is 11.3 Å². The Morgan fingerprint density at radius 1 is 1.33 bits per heavy atom. The van der Waals surface area contributed by atoms with Crippen molar-refractivity contribution >= 4 is 5.91 Å². The maximum absolute atomic E-state index is 12.1. The van der Waals surface area contributed by atoms with E-state index in [-0.39, 0.29) is 17.0 Å². The number of carbonyl (C=O) groups is 1. The number of rotatable bonds is 3. The fourth-order valence-corrected chi connectivity index (χ4v) is 1.95. The number of nitriles is 1. The summed E-state index contributed by atoms with van der Waals surface area (Å²) in [4.78, 5) is 26.7. The van der Waals surface area contributed by atoms with Crippen molar-refractivity contribution in [3.05, 3.63) is 69.1 Å². The molecule has 1 aromatic carbocycles. The molecule has 0 saturated carbocycles. The molecule has 1 amide bonds. The maximum Gasteiger partial charge on any atom is 0.257 e. The van der Waals surface area contributed by atoms with Gasteiger partial charge in [-0.05, 0) is 31.5 Å². The Labute approximate surface area is 122 Å². The summed E-state index contributed by atoms with van der Waals surface area (Å²) in [7, 11) is 0. The zero-order chi connectivity index (χ0) is 15.4. The number of benzene rings is 1. The molecule has 2 rings (SSSR count). The largest absolute Gasteiger partial charge is 0.364 e. The van der Waals surface area contributed by atoms with E-state index in [1.54, 1.807) is 31.2 Å². The standard InChI is InChI=1S/C16H15N3O2/c1-10-7-15(20)14(9-18-10)16(21)19-11(2)13-5-3-12(8-17)4-6-13/h3-7,9,11H,1-2H3,(H,18,20)(H,19,21). The van der Waals surface area contributed by atoms with Crippen LogP contribution >= 0.6 is 0 Å². The van der Waals surface area contributed by atoms with Crippen molar-refractivity contribution < 1.29 is 4.79 Å². The number of nitrogens with zero attached hydrogens (tertiary/aromatic N) is 1. The molecule has 0 aliphatic heterocycles. The smallest absolute Gasteiger partial charge is 0.257 e. The quantitative estimate of drug-likeness (QED) is 0.902. The van der Waals surface area contributed by atoms with Crippen molar-refractivity contribution in [1.82, 2.24) is 10.3 Å². The van der Waals surface area contributed by atoms with E-state index in [0.717, 1.165) is 5.56 Å². The van der Waals surface area contributed by atoms with E-state index in [9.17, 15) is 9.59 Å². The molecule has 2 aromatic rings. The molecule has 0 fully saturated rings. The Hall–Kier alpha value is -2.87. The minimum atomic E-state index is -0.423. The Kier molecular flexibility index (Phi) is 4.19. The Balaban J connectivity index is 2.14. The molecule has 1 heterocycles. The van der Waals surface area contributed by atoms with Crippen LogP contribution in [0.15, 0.2) is 41.3 Å². The number of aryl methyl sites for hydroxylation is 1. The van der Waals surface area contributed by atoms with Gasteiger partial charge in [0.25, 0.3) is 5.91 Å². The maximum atomic E-state index is 12.1. The van der Waals surface area contributed by atoms with Crippen LogP contribution in [0.5, 0.6) is 0 Å². The molecule has 2 N–H and O–H groups in total. The SMILES string of the molecule is Cc1cc(=O)c(C(=O)NC(C)c2ccc(C#N)cc2)c[nH]1. The second-order valence-corrected chi connectivity index (χ2v) is 4.82. The van der Waals surface area contributed by atoms with Gasteiger partial charge in [0.15, 0.2) is 5.43 Å². The van der Waals surface area contributed by atoms with Crippen molar-refractivity contribution in [2.24, 2.45) is 0 Å². The Bertz CT molecular complexity index is 754. The first-order valence-corrected chi connectivity index (χ1v) is 6.51. The second-order valence-electron chi connectivity index (χ2n) is 4.82. The summed E-state index contributed by atoms with van der Waals surface area (Å²) in [6.07, 6.45) is 1.42. The minimum Gasteiger partial charge on any atom is -0.364 e. The molecule has 0 spiro atoms. The molecule has 1 unspecified atom stereocenters. The number of amides is 1. The van der Waals surface area contributed by atoms with Gasteiger partial charge in [-0.25, -0.2) is 0 Å². The van der Waals surface area contributed by atoms with Crippen LogP contribution in [0.1, 0.15) is 40.1 Å². The van der Waals surface area contributed by atoms with Crippen LogP contribution in [0, 0.1) is 18.3 Å². The van der Waals surface area contributed by atoms with Gasteiger partial charge in [-0.1, -0.05) is 12.1 Å². The highest BCUT2D eigenvalue weighted by atomic mass is 16.2. The summed E-state index contributed by atoms with van der Waals surface area (Å²) in [6.45, 7) is 3.57. The molecule has 1 atom stereocenters. The van der Waals surface area contributed by atoms with Crippen molar-refractivity contribution in [2.75, 3.05) is 0 Å². The number of pyridine rings is 1. The zero-order valence-electron chi connectivity index (χ0n) is 11.8. The lowest BCUT2D eigenvalue weighted by molar-refractivity contribution is 0.0938. The van der Waals surface area contributed by atoms with Gasteiger partial charge < -0.3 is 10.3 Å². The first-order chi connectivity index (χ1) is 10.0. The van der Waals surface area contributed by atoms with Crippen LogP contribution < -0.4 is 10.7 Å². The van der Waals surface area contributed by atoms with Crippen LogP contribution in [0.25, 0.3) is 0 Å². The second kappa shape index (κ2) is 6.06. The van der Waals surface area contributed by atoms with E-state index in [1.807, 2.05) is 13.0 Å². The van der Waals surface area contributed by atoms with Crippen LogP contribution in [0.2, 0.25) is 0 Å². The van der Waals surface area contributed by atoms with Crippen LogP contribution in [0.4, 0.5) is 0 Å². The predicted octanol–water partition coefficient (Wildman–Crippen LogP) is 2.05. The van der Waals surface area contributed by atoms with E-state index < -0.39 is 5.91 Å². The molecule has 5 nitrogen and oxygen atoms in total. The summed E-state index contributed by atoms with van der Waals surface area (Å²) >= 11 is 0. The third-order valence-electron chi connectivity index (χ3n) is 3.19. The normalized spacial score (nSPS) is 11.5. The minimum absolute atomic E-state index is 0.0843. The molecule has 0 bridgehead atoms. The number of nitrogens with one attached hydrogen (secondary N) is 2. The highest BCUT2D eigenvalue weighted by Gasteiger charge is 2.14. The molecule has 21 heavy (non-hydrogen) atoms. The third-order valence-corrected chi connectivity index (χ3v) is 3.19. The van der Waals surface area contributed by atoms with Crippen LogP contribution in [-0.2, 0) is 0 Å². The van der Waals surface area contributed by atoms with Gasteiger partial charge in [0.1, 0.15) is 5.56 Å². The lowest BCUT2D eigenvalue weighted by Crippen LogP contribution is -2.30. The summed E-state index contributed by atoms with van der Waals surface area (Å²) in [6, 6.07) is 10.1. The Morgan fingerprint density at radius 3 is 2.57 bits per heavy atom. The Morgan fingerprint density at radius 2 is 2.00 bits per heavy atom. The fraction of sp³-hybridized carbons (Fsp3) is 0.188. The highest BCUT2D eigenvalue weighted by molar-refractivity contribution is 5.94. The predicted molar refractivity (Wildman–Crippen MR) is 78.8 cm³/mol. The molecule has 0 aliphatic rings. The summed E-state index contributed by atoms with van der Waals surface area (Å²) in [5.41, 5.74) is 1.91. The van der Waals surface area contributed by atoms with E-state index in [1.165, 1.54) is 12.3 Å². The highest BCUT2D eigenvalue weighted by Crippen LogP contribution is 2.13. The number of hydrogen-bond donors (Lipinski definition) is 2. The van der Waals surface area contributed by atoms with Gasteiger partial charge in [0.05, 0.1) is 17.7 Å². The van der Waals surface area contributed by atoms with Gasteiger partial charge in [0.2, 0.25) is 0 Å². The number of H-pyrrole nitrogens is 1. The van der Waals surface area contributed by atoms with Gasteiger partial charge in [-0.2, -0.15) is 5.26 Å². The van der Waals surface area contributed by atoms with Crippen molar-refractivity contribution in [1.29, 1.82) is 5.26 Å². The van der Waals surface area contributed by atoms with E-state index >= 15 is 0 Å². The van der Waals surface area contributed by atoms with Gasteiger partial charge >= 0.3 is 0 Å². The molecule has 1 aromatic heterocycles. The summed E-state index contributed by atoms with van der Waals surface area (Å²) in [5.74, 6) is -0.423.